The number of para-hydroxylation sites is 1. The molecule has 1 aliphatic carbocycles. The number of fused-ring (bicyclic) bond motifs is 1. The zero-order valence-corrected chi connectivity index (χ0v) is 21.1. The third-order valence-corrected chi connectivity index (χ3v) is 7.37. The number of anilines is 1. The van der Waals surface area contributed by atoms with E-state index in [1.807, 2.05) is 6.07 Å². The van der Waals surface area contributed by atoms with Crippen molar-refractivity contribution in [3.63, 3.8) is 0 Å². The lowest BCUT2D eigenvalue weighted by Crippen LogP contribution is -2.15. The van der Waals surface area contributed by atoms with Gasteiger partial charge in [0.15, 0.2) is 4.67 Å². The Kier molecular flexibility index (Phi) is 8.23. The molecule has 32 heavy (non-hydrogen) atoms. The van der Waals surface area contributed by atoms with Crippen LogP contribution in [-0.2, 0) is 12.8 Å². The average Bonchev–Trinajstić information content (AvgIpc) is 3.22. The lowest BCUT2D eigenvalue weighted by atomic mass is 9.78. The van der Waals surface area contributed by atoms with Crippen LogP contribution in [0, 0.1) is 11.8 Å². The van der Waals surface area contributed by atoms with Crippen LogP contribution in [0.1, 0.15) is 69.4 Å². The van der Waals surface area contributed by atoms with Crippen molar-refractivity contribution >= 4 is 32.7 Å². The van der Waals surface area contributed by atoms with Gasteiger partial charge in [-0.25, -0.2) is 9.97 Å². The molecule has 2 aromatic heterocycles. The van der Waals surface area contributed by atoms with Crippen molar-refractivity contribution in [1.82, 2.24) is 9.97 Å². The Hall–Kier alpha value is -1.88. The summed E-state index contributed by atoms with van der Waals surface area (Å²) in [5, 5.41) is 1.14. The number of unbranched alkanes of at least 4 members (excludes halogenated alkanes) is 1. The van der Waals surface area contributed by atoms with Gasteiger partial charge in [-0.05, 0) is 64.9 Å². The number of benzene rings is 1. The minimum atomic E-state index is 0.844. The highest BCUT2D eigenvalue weighted by atomic mass is 79.9. The van der Waals surface area contributed by atoms with Crippen LogP contribution in [0.3, 0.4) is 0 Å². The number of aryl methyl sites for hydroxylation is 2. The predicted octanol–water partition coefficient (Wildman–Crippen LogP) is 7.59. The Morgan fingerprint density at radius 2 is 1.59 bits per heavy atom. The van der Waals surface area contributed by atoms with Gasteiger partial charge in [0.25, 0.3) is 0 Å². The van der Waals surface area contributed by atoms with Crippen molar-refractivity contribution < 1.29 is 4.42 Å². The van der Waals surface area contributed by atoms with E-state index in [4.69, 9.17) is 14.4 Å². The maximum atomic E-state index is 5.60. The summed E-state index contributed by atoms with van der Waals surface area (Å²) in [6, 6.07) is 12.4. The smallest absolute Gasteiger partial charge is 0.169 e. The molecule has 0 amide bonds. The fourth-order valence-corrected chi connectivity index (χ4v) is 5.48. The van der Waals surface area contributed by atoms with Gasteiger partial charge in [0, 0.05) is 32.3 Å². The van der Waals surface area contributed by atoms with E-state index < -0.39 is 0 Å². The molecule has 172 valence electrons. The van der Waals surface area contributed by atoms with E-state index in [0.29, 0.717) is 0 Å². The SMILES string of the molecule is CN(C)c1nc(CCCC2CCC(CCCCc3ccc(Br)o3)CC2)nc2ccccc12. The maximum Gasteiger partial charge on any atom is 0.169 e. The first kappa shape index (κ1) is 23.3. The van der Waals surface area contributed by atoms with Crippen LogP contribution in [0.15, 0.2) is 45.5 Å². The number of aromatic nitrogens is 2. The van der Waals surface area contributed by atoms with Gasteiger partial charge in [-0.1, -0.05) is 57.1 Å². The molecule has 4 rings (SSSR count). The first-order valence-electron chi connectivity index (χ1n) is 12.3. The molecule has 3 aromatic rings. The number of halogens is 1. The highest BCUT2D eigenvalue weighted by molar-refractivity contribution is 9.10. The Morgan fingerprint density at radius 3 is 2.28 bits per heavy atom. The van der Waals surface area contributed by atoms with E-state index in [1.54, 1.807) is 0 Å². The standard InChI is InChI=1S/C27H36BrN3O/c1-31(2)27-23-11-5-6-12-24(23)29-26(30-27)13-7-9-21-16-14-20(15-17-21)8-3-4-10-22-18-19-25(28)32-22/h5-6,11-12,18-21H,3-4,7-10,13-17H2,1-2H3. The van der Waals surface area contributed by atoms with E-state index in [9.17, 15) is 0 Å². The van der Waals surface area contributed by atoms with Crippen LogP contribution in [-0.4, -0.2) is 24.1 Å². The van der Waals surface area contributed by atoms with Crippen LogP contribution in [0.2, 0.25) is 0 Å². The van der Waals surface area contributed by atoms with Crippen LogP contribution < -0.4 is 4.90 Å². The minimum absolute atomic E-state index is 0.844. The number of hydrogen-bond acceptors (Lipinski definition) is 4. The molecule has 1 saturated carbocycles. The van der Waals surface area contributed by atoms with Crippen LogP contribution in [0.4, 0.5) is 5.82 Å². The fraction of sp³-hybridized carbons (Fsp3) is 0.556. The molecular weight excluding hydrogens is 462 g/mol. The molecule has 0 atom stereocenters. The third-order valence-electron chi connectivity index (χ3n) is 6.95. The molecule has 0 saturated heterocycles. The van der Waals surface area contributed by atoms with Gasteiger partial charge in [-0.2, -0.15) is 0 Å². The van der Waals surface area contributed by atoms with E-state index in [0.717, 1.165) is 57.7 Å². The second kappa shape index (κ2) is 11.3. The van der Waals surface area contributed by atoms with Crippen molar-refractivity contribution in [3.05, 3.63) is 52.7 Å². The summed E-state index contributed by atoms with van der Waals surface area (Å²) in [4.78, 5) is 11.8. The summed E-state index contributed by atoms with van der Waals surface area (Å²) in [5.74, 6) is 4.95. The van der Waals surface area contributed by atoms with Gasteiger partial charge in [-0.3, -0.25) is 0 Å². The Balaban J connectivity index is 1.16. The Morgan fingerprint density at radius 1 is 0.875 bits per heavy atom. The van der Waals surface area contributed by atoms with Gasteiger partial charge in [0.2, 0.25) is 0 Å². The third kappa shape index (κ3) is 6.34. The van der Waals surface area contributed by atoms with Crippen molar-refractivity contribution in [2.45, 2.75) is 70.6 Å². The van der Waals surface area contributed by atoms with Crippen molar-refractivity contribution in [2.24, 2.45) is 11.8 Å². The summed E-state index contributed by atoms with van der Waals surface area (Å²) >= 11 is 3.38. The fourth-order valence-electron chi connectivity index (χ4n) is 5.14. The highest BCUT2D eigenvalue weighted by Crippen LogP contribution is 2.34. The van der Waals surface area contributed by atoms with E-state index in [1.165, 1.54) is 57.8 Å². The first-order valence-corrected chi connectivity index (χ1v) is 13.0. The molecule has 0 radical (unpaired) electrons. The Labute approximate surface area is 200 Å². The van der Waals surface area contributed by atoms with Crippen LogP contribution in [0.25, 0.3) is 10.9 Å². The molecular formula is C27H36BrN3O. The molecule has 0 N–H and O–H groups in total. The molecule has 0 aliphatic heterocycles. The molecule has 0 bridgehead atoms. The largest absolute Gasteiger partial charge is 0.454 e. The molecule has 0 unspecified atom stereocenters. The molecule has 4 nitrogen and oxygen atoms in total. The Bertz CT molecular complexity index is 991. The van der Waals surface area contributed by atoms with Gasteiger partial charge in [-0.15, -0.1) is 0 Å². The van der Waals surface area contributed by atoms with Gasteiger partial charge >= 0.3 is 0 Å². The van der Waals surface area contributed by atoms with Crippen molar-refractivity contribution in [3.8, 4) is 0 Å². The number of hydrogen-bond donors (Lipinski definition) is 0. The summed E-state index contributed by atoms with van der Waals surface area (Å²) in [5.41, 5.74) is 1.06. The predicted molar refractivity (Wildman–Crippen MR) is 136 cm³/mol. The average molecular weight is 499 g/mol. The van der Waals surface area contributed by atoms with Crippen molar-refractivity contribution in [1.29, 1.82) is 0 Å². The maximum absolute atomic E-state index is 5.60. The number of nitrogens with zero attached hydrogens (tertiary/aromatic N) is 3. The first-order chi connectivity index (χ1) is 15.6. The minimum Gasteiger partial charge on any atom is -0.454 e. The van der Waals surface area contributed by atoms with E-state index in [-0.39, 0.29) is 0 Å². The highest BCUT2D eigenvalue weighted by Gasteiger charge is 2.21. The summed E-state index contributed by atoms with van der Waals surface area (Å²) in [6.45, 7) is 0. The zero-order valence-electron chi connectivity index (χ0n) is 19.5. The van der Waals surface area contributed by atoms with Gasteiger partial charge in [0.1, 0.15) is 17.4 Å². The summed E-state index contributed by atoms with van der Waals surface area (Å²) < 4.78 is 6.45. The van der Waals surface area contributed by atoms with Crippen LogP contribution >= 0.6 is 15.9 Å². The van der Waals surface area contributed by atoms with Gasteiger partial charge in [0.05, 0.1) is 5.52 Å². The summed E-state index contributed by atoms with van der Waals surface area (Å²) in [6.07, 6.45) is 14.1. The molecule has 5 heteroatoms. The quantitative estimate of drug-likeness (QED) is 0.270. The molecule has 1 aromatic carbocycles. The topological polar surface area (TPSA) is 42.2 Å². The second-order valence-electron chi connectivity index (χ2n) is 9.61. The van der Waals surface area contributed by atoms with Crippen molar-refractivity contribution in [2.75, 3.05) is 19.0 Å². The second-order valence-corrected chi connectivity index (χ2v) is 10.4. The van der Waals surface area contributed by atoms with Gasteiger partial charge < -0.3 is 9.32 Å². The lowest BCUT2D eigenvalue weighted by molar-refractivity contribution is 0.245. The van der Waals surface area contributed by atoms with E-state index >= 15 is 0 Å². The zero-order chi connectivity index (χ0) is 22.3. The van der Waals surface area contributed by atoms with E-state index in [2.05, 4.69) is 65.3 Å². The lowest BCUT2D eigenvalue weighted by Gasteiger charge is -2.28. The van der Waals surface area contributed by atoms with Crippen LogP contribution in [0.5, 0.6) is 0 Å². The molecule has 1 aliphatic rings. The monoisotopic (exact) mass is 497 g/mol. The molecule has 0 spiro atoms. The number of rotatable bonds is 10. The molecule has 2 heterocycles. The summed E-state index contributed by atoms with van der Waals surface area (Å²) in [7, 11) is 4.13. The number of furan rings is 1. The molecule has 1 fully saturated rings. The normalized spacial score (nSPS) is 18.8.